The van der Waals surface area contributed by atoms with Gasteiger partial charge in [0.1, 0.15) is 0 Å². The number of ketones is 2. The fourth-order valence-electron chi connectivity index (χ4n) is 5.87. The molecule has 0 unspecified atom stereocenters. The van der Waals surface area contributed by atoms with Gasteiger partial charge in [-0.05, 0) is 45.4 Å². The third kappa shape index (κ3) is 2.52. The highest BCUT2D eigenvalue weighted by Gasteiger charge is 2.72. The molecule has 0 radical (unpaired) electrons. The summed E-state index contributed by atoms with van der Waals surface area (Å²) < 4.78 is 0.621. The molecule has 3 aliphatic carbocycles. The van der Waals surface area contributed by atoms with E-state index in [9.17, 15) is 19.7 Å². The number of Topliss-reactive ketones (excluding diaryl/α,β-unsaturated/α-hetero) is 1. The van der Waals surface area contributed by atoms with E-state index in [0.29, 0.717) is 3.58 Å². The molecule has 6 heteroatoms. The van der Waals surface area contributed by atoms with Gasteiger partial charge in [-0.2, -0.15) is 0 Å². The minimum atomic E-state index is -1.00. The Morgan fingerprint density at radius 3 is 2.27 bits per heavy atom. The van der Waals surface area contributed by atoms with Gasteiger partial charge >= 0.3 is 0 Å². The van der Waals surface area contributed by atoms with Gasteiger partial charge in [0.05, 0.1) is 15.4 Å². The summed E-state index contributed by atoms with van der Waals surface area (Å²) in [7, 11) is 0. The van der Waals surface area contributed by atoms with Gasteiger partial charge in [0.2, 0.25) is 6.04 Å². The summed E-state index contributed by atoms with van der Waals surface area (Å²) in [6.07, 6.45) is 3.41. The zero-order valence-electron chi connectivity index (χ0n) is 15.9. The molecule has 5 nitrogen and oxygen atoms in total. The summed E-state index contributed by atoms with van der Waals surface area (Å²) in [6.45, 7) is 0. The molecule has 1 spiro atoms. The van der Waals surface area contributed by atoms with E-state index >= 15 is 0 Å². The molecule has 0 heterocycles. The van der Waals surface area contributed by atoms with E-state index < -0.39 is 29.2 Å². The van der Waals surface area contributed by atoms with Crippen LogP contribution in [0.5, 0.6) is 0 Å². The van der Waals surface area contributed by atoms with Crippen LogP contribution in [0.4, 0.5) is 0 Å². The van der Waals surface area contributed by atoms with Crippen molar-refractivity contribution in [3.05, 3.63) is 97.6 Å². The van der Waals surface area contributed by atoms with Crippen LogP contribution in [0.1, 0.15) is 23.5 Å². The molecule has 2 aromatic rings. The van der Waals surface area contributed by atoms with Crippen LogP contribution in [0.3, 0.4) is 0 Å². The van der Waals surface area contributed by atoms with Gasteiger partial charge in [0.25, 0.3) is 0 Å². The number of rotatable bonds is 3. The number of benzene rings is 2. The number of halogens is 1. The van der Waals surface area contributed by atoms with Crippen molar-refractivity contribution in [2.75, 3.05) is 0 Å². The maximum absolute atomic E-state index is 13.6. The van der Waals surface area contributed by atoms with Crippen LogP contribution in [0.15, 0.2) is 76.4 Å². The first-order valence-corrected chi connectivity index (χ1v) is 10.9. The number of hydrogen-bond donors (Lipinski definition) is 0. The van der Waals surface area contributed by atoms with Crippen molar-refractivity contribution < 1.29 is 14.5 Å². The van der Waals surface area contributed by atoms with Crippen molar-refractivity contribution in [3.8, 4) is 0 Å². The lowest BCUT2D eigenvalue weighted by Gasteiger charge is -2.37. The molecule has 150 valence electrons. The SMILES string of the molecule is O=C1C=C[C@@]23C(c4ccccc4)=C(I)C(=O)[C@@H]2[C@@H](c2ccccc2)[C@@H]([N+](=O)[O-])[C@H]3C1. The second-order valence-corrected chi connectivity index (χ2v) is 9.23. The van der Waals surface area contributed by atoms with Crippen molar-refractivity contribution in [1.82, 2.24) is 0 Å². The number of carbonyl (C=O) groups excluding carboxylic acids is 2. The molecule has 0 saturated heterocycles. The Morgan fingerprint density at radius 1 is 1.00 bits per heavy atom. The third-order valence-electron chi connectivity index (χ3n) is 6.88. The van der Waals surface area contributed by atoms with Crippen LogP contribution in [0, 0.1) is 27.4 Å². The van der Waals surface area contributed by atoms with Crippen LogP contribution in [-0.2, 0) is 9.59 Å². The molecule has 3 aliphatic rings. The van der Waals surface area contributed by atoms with Crippen molar-refractivity contribution in [3.63, 3.8) is 0 Å². The summed E-state index contributed by atoms with van der Waals surface area (Å²) in [5, 5.41) is 12.3. The van der Waals surface area contributed by atoms with Gasteiger partial charge < -0.3 is 0 Å². The first-order valence-electron chi connectivity index (χ1n) is 9.87. The predicted octanol–water partition coefficient (Wildman–Crippen LogP) is 4.61. The minimum Gasteiger partial charge on any atom is -0.295 e. The highest BCUT2D eigenvalue weighted by atomic mass is 127. The zero-order valence-corrected chi connectivity index (χ0v) is 18.1. The van der Waals surface area contributed by atoms with Crippen molar-refractivity contribution in [2.24, 2.45) is 17.3 Å². The Morgan fingerprint density at radius 2 is 1.63 bits per heavy atom. The van der Waals surface area contributed by atoms with E-state index in [1.54, 1.807) is 6.08 Å². The smallest absolute Gasteiger partial charge is 0.225 e. The molecule has 1 fully saturated rings. The monoisotopic (exact) mass is 511 g/mol. The van der Waals surface area contributed by atoms with Crippen molar-refractivity contribution in [1.29, 1.82) is 0 Å². The quantitative estimate of drug-likeness (QED) is 0.343. The summed E-state index contributed by atoms with van der Waals surface area (Å²) >= 11 is 2.10. The Kier molecular flexibility index (Phi) is 4.50. The zero-order chi connectivity index (χ0) is 21.0. The molecule has 0 N–H and O–H groups in total. The number of nitrogens with zero attached hydrogens (tertiary/aromatic N) is 1. The highest BCUT2D eigenvalue weighted by Crippen LogP contribution is 2.69. The summed E-state index contributed by atoms with van der Waals surface area (Å²) in [5.41, 5.74) is 1.65. The van der Waals surface area contributed by atoms with Crippen molar-refractivity contribution in [2.45, 2.75) is 18.4 Å². The predicted molar refractivity (Wildman–Crippen MR) is 121 cm³/mol. The van der Waals surface area contributed by atoms with Crippen LogP contribution in [0.2, 0.25) is 0 Å². The Balaban J connectivity index is 1.81. The van der Waals surface area contributed by atoms with Gasteiger partial charge in [0, 0.05) is 22.7 Å². The average Bonchev–Trinajstić information content (AvgIpc) is 3.16. The molecule has 2 aromatic carbocycles. The van der Waals surface area contributed by atoms with Gasteiger partial charge in [-0.25, -0.2) is 0 Å². The molecule has 5 atom stereocenters. The van der Waals surface area contributed by atoms with Gasteiger partial charge in [-0.3, -0.25) is 19.7 Å². The van der Waals surface area contributed by atoms with Crippen LogP contribution in [-0.4, -0.2) is 22.5 Å². The second-order valence-electron chi connectivity index (χ2n) is 8.15. The molecular formula is C24H18INO4. The van der Waals surface area contributed by atoms with E-state index in [1.165, 1.54) is 6.08 Å². The molecule has 0 amide bonds. The lowest BCUT2D eigenvalue weighted by molar-refractivity contribution is -0.533. The molecule has 0 aromatic heterocycles. The van der Waals surface area contributed by atoms with Gasteiger partial charge in [-0.1, -0.05) is 66.7 Å². The van der Waals surface area contributed by atoms with E-state index in [0.717, 1.165) is 16.7 Å². The normalized spacial score (nSPS) is 32.3. The standard InChI is InChI=1S/C24H18INO4/c25-21-19(15-9-5-2-6-10-15)24-12-11-16(27)13-17(24)22(26(29)30)18(20(24)23(21)28)14-7-3-1-4-8-14/h1-12,17-18,20,22H,13H2/t17-,18-,20+,22+,24-/m1/s1. The number of carbonyl (C=O) groups is 2. The topological polar surface area (TPSA) is 77.3 Å². The maximum Gasteiger partial charge on any atom is 0.225 e. The Labute approximate surface area is 187 Å². The average molecular weight is 511 g/mol. The van der Waals surface area contributed by atoms with E-state index in [4.69, 9.17) is 0 Å². The first-order chi connectivity index (χ1) is 14.5. The second kappa shape index (κ2) is 6.97. The third-order valence-corrected chi connectivity index (χ3v) is 7.95. The van der Waals surface area contributed by atoms with E-state index in [-0.39, 0.29) is 22.9 Å². The number of allylic oxidation sites excluding steroid dienone is 4. The van der Waals surface area contributed by atoms with Crippen LogP contribution in [0.25, 0.3) is 5.57 Å². The molecule has 0 bridgehead atoms. The van der Waals surface area contributed by atoms with E-state index in [2.05, 4.69) is 22.6 Å². The minimum absolute atomic E-state index is 0.0587. The molecule has 30 heavy (non-hydrogen) atoms. The van der Waals surface area contributed by atoms with Gasteiger partial charge in [0.15, 0.2) is 11.6 Å². The van der Waals surface area contributed by atoms with Gasteiger partial charge in [-0.15, -0.1) is 0 Å². The lowest BCUT2D eigenvalue weighted by atomic mass is 9.63. The fourth-order valence-corrected chi connectivity index (χ4v) is 6.98. The Hall–Kier alpha value is -2.61. The molecule has 1 saturated carbocycles. The maximum atomic E-state index is 13.6. The Bertz CT molecular complexity index is 1120. The van der Waals surface area contributed by atoms with Crippen LogP contribution < -0.4 is 0 Å². The number of hydrogen-bond acceptors (Lipinski definition) is 4. The molecule has 0 aliphatic heterocycles. The lowest BCUT2D eigenvalue weighted by Crippen LogP contribution is -2.39. The van der Waals surface area contributed by atoms with E-state index in [1.807, 2.05) is 60.7 Å². The summed E-state index contributed by atoms with van der Waals surface area (Å²) in [5.74, 6) is -1.91. The molecular weight excluding hydrogens is 493 g/mol. The van der Waals surface area contributed by atoms with Crippen LogP contribution >= 0.6 is 22.6 Å². The largest absolute Gasteiger partial charge is 0.295 e. The highest BCUT2D eigenvalue weighted by molar-refractivity contribution is 14.1. The van der Waals surface area contributed by atoms with Crippen molar-refractivity contribution >= 4 is 39.7 Å². The summed E-state index contributed by atoms with van der Waals surface area (Å²) in [6, 6.07) is 17.9. The fraction of sp³-hybridized carbons (Fsp3) is 0.250. The number of nitro groups is 1. The summed E-state index contributed by atoms with van der Waals surface area (Å²) in [4.78, 5) is 38.1. The molecule has 5 rings (SSSR count). The first kappa shape index (κ1) is 19.4.